The van der Waals surface area contributed by atoms with E-state index in [4.69, 9.17) is 4.74 Å². The summed E-state index contributed by atoms with van der Waals surface area (Å²) >= 11 is 1.40. The Labute approximate surface area is 125 Å². The van der Waals surface area contributed by atoms with Gasteiger partial charge in [-0.3, -0.25) is 9.59 Å². The van der Waals surface area contributed by atoms with Gasteiger partial charge in [0.15, 0.2) is 5.13 Å². The molecule has 1 aliphatic rings. The molecule has 1 saturated heterocycles. The second-order valence-corrected chi connectivity index (χ2v) is 5.91. The molecule has 1 aliphatic heterocycles. The molecule has 0 spiro atoms. The van der Waals surface area contributed by atoms with Crippen LogP contribution >= 0.6 is 11.3 Å². The van der Waals surface area contributed by atoms with Gasteiger partial charge in [0, 0.05) is 18.9 Å². The minimum Gasteiger partial charge on any atom is -0.497 e. The van der Waals surface area contributed by atoms with Gasteiger partial charge in [0.1, 0.15) is 5.75 Å². The molecular weight excluding hydrogens is 290 g/mol. The maximum absolute atomic E-state index is 12.2. The molecule has 1 aromatic heterocycles. The second-order valence-electron chi connectivity index (χ2n) is 4.88. The molecule has 0 aliphatic carbocycles. The van der Waals surface area contributed by atoms with E-state index >= 15 is 0 Å². The first kappa shape index (κ1) is 13.8. The zero-order chi connectivity index (χ0) is 14.8. The number of amides is 2. The van der Waals surface area contributed by atoms with Crippen molar-refractivity contribution in [3.05, 3.63) is 18.2 Å². The molecule has 2 amide bonds. The molecule has 110 valence electrons. The molecule has 1 fully saturated rings. The maximum Gasteiger partial charge on any atom is 0.229 e. The van der Waals surface area contributed by atoms with Crippen LogP contribution in [0.3, 0.4) is 0 Å². The van der Waals surface area contributed by atoms with Crippen molar-refractivity contribution in [1.82, 2.24) is 10.3 Å². The Balaban J connectivity index is 1.75. The van der Waals surface area contributed by atoms with Gasteiger partial charge < -0.3 is 15.4 Å². The number of thiazole rings is 1. The quantitative estimate of drug-likeness (QED) is 0.905. The molecule has 2 aromatic rings. The van der Waals surface area contributed by atoms with Crippen LogP contribution in [0.4, 0.5) is 5.13 Å². The number of nitrogens with one attached hydrogen (secondary N) is 2. The fourth-order valence-electron chi connectivity index (χ4n) is 2.30. The highest BCUT2D eigenvalue weighted by Gasteiger charge is 2.26. The first-order chi connectivity index (χ1) is 10.2. The minimum absolute atomic E-state index is 0.0737. The van der Waals surface area contributed by atoms with Gasteiger partial charge in [-0.1, -0.05) is 11.3 Å². The number of piperidine rings is 1. The third kappa shape index (κ3) is 2.97. The monoisotopic (exact) mass is 305 g/mol. The third-order valence-electron chi connectivity index (χ3n) is 3.44. The van der Waals surface area contributed by atoms with E-state index in [1.54, 1.807) is 7.11 Å². The van der Waals surface area contributed by atoms with E-state index < -0.39 is 0 Å². The van der Waals surface area contributed by atoms with Gasteiger partial charge in [0.2, 0.25) is 11.8 Å². The van der Waals surface area contributed by atoms with E-state index in [1.165, 1.54) is 11.3 Å². The molecule has 2 N–H and O–H groups in total. The van der Waals surface area contributed by atoms with Crippen LogP contribution in [0.15, 0.2) is 18.2 Å². The summed E-state index contributed by atoms with van der Waals surface area (Å²) in [6.07, 6.45) is 0.904. The number of ether oxygens (including phenoxy) is 1. The number of anilines is 1. The van der Waals surface area contributed by atoms with E-state index in [-0.39, 0.29) is 24.2 Å². The van der Waals surface area contributed by atoms with Crippen LogP contribution in [-0.4, -0.2) is 30.5 Å². The lowest BCUT2D eigenvalue weighted by Gasteiger charge is -2.20. The topological polar surface area (TPSA) is 80.3 Å². The van der Waals surface area contributed by atoms with Crippen molar-refractivity contribution in [2.75, 3.05) is 19.0 Å². The summed E-state index contributed by atoms with van der Waals surface area (Å²) in [5.41, 5.74) is 0.817. The highest BCUT2D eigenvalue weighted by atomic mass is 32.1. The maximum atomic E-state index is 12.2. The van der Waals surface area contributed by atoms with Crippen LogP contribution in [0.1, 0.15) is 12.8 Å². The molecule has 0 radical (unpaired) electrons. The summed E-state index contributed by atoms with van der Waals surface area (Å²) in [6, 6.07) is 5.57. The Morgan fingerprint density at radius 3 is 3.14 bits per heavy atom. The number of nitrogens with zero attached hydrogens (tertiary/aromatic N) is 1. The van der Waals surface area contributed by atoms with Gasteiger partial charge in [0.05, 0.1) is 17.3 Å². The van der Waals surface area contributed by atoms with Gasteiger partial charge in [-0.05, 0) is 24.6 Å². The van der Waals surface area contributed by atoms with E-state index in [0.717, 1.165) is 16.0 Å². The Morgan fingerprint density at radius 1 is 1.52 bits per heavy atom. The number of carbonyl (C=O) groups excluding carboxylic acids is 2. The zero-order valence-corrected chi connectivity index (χ0v) is 12.3. The van der Waals surface area contributed by atoms with Crippen molar-refractivity contribution < 1.29 is 14.3 Å². The molecule has 7 heteroatoms. The molecule has 1 unspecified atom stereocenters. The SMILES string of the molecule is COc1ccc2nc(NC(=O)C3CCNC(=O)C3)sc2c1. The van der Waals surface area contributed by atoms with E-state index in [0.29, 0.717) is 18.1 Å². The summed E-state index contributed by atoms with van der Waals surface area (Å²) in [5, 5.41) is 6.08. The smallest absolute Gasteiger partial charge is 0.229 e. The van der Waals surface area contributed by atoms with Crippen molar-refractivity contribution in [2.45, 2.75) is 12.8 Å². The second kappa shape index (κ2) is 5.69. The van der Waals surface area contributed by atoms with Crippen LogP contribution in [0.25, 0.3) is 10.2 Å². The number of hydrogen-bond donors (Lipinski definition) is 2. The van der Waals surface area contributed by atoms with Crippen LogP contribution in [-0.2, 0) is 9.59 Å². The fourth-order valence-corrected chi connectivity index (χ4v) is 3.20. The summed E-state index contributed by atoms with van der Waals surface area (Å²) in [4.78, 5) is 27.9. The molecule has 3 rings (SSSR count). The van der Waals surface area contributed by atoms with Crippen molar-refractivity contribution in [2.24, 2.45) is 5.92 Å². The van der Waals surface area contributed by atoms with Crippen LogP contribution in [0, 0.1) is 5.92 Å². The molecule has 1 aromatic carbocycles. The summed E-state index contributed by atoms with van der Waals surface area (Å²) < 4.78 is 6.12. The van der Waals surface area contributed by atoms with Crippen LogP contribution < -0.4 is 15.4 Å². The van der Waals surface area contributed by atoms with E-state index in [2.05, 4.69) is 15.6 Å². The van der Waals surface area contributed by atoms with Gasteiger partial charge >= 0.3 is 0 Å². The van der Waals surface area contributed by atoms with Gasteiger partial charge in [-0.25, -0.2) is 4.98 Å². The van der Waals surface area contributed by atoms with Crippen molar-refractivity contribution in [1.29, 1.82) is 0 Å². The third-order valence-corrected chi connectivity index (χ3v) is 4.38. The minimum atomic E-state index is -0.278. The van der Waals surface area contributed by atoms with Gasteiger partial charge in [-0.2, -0.15) is 0 Å². The average Bonchev–Trinajstić information content (AvgIpc) is 2.88. The normalized spacial score (nSPS) is 18.3. The first-order valence-corrected chi connectivity index (χ1v) is 7.49. The molecular formula is C14H15N3O3S. The first-order valence-electron chi connectivity index (χ1n) is 6.68. The molecule has 0 bridgehead atoms. The number of aromatic nitrogens is 1. The van der Waals surface area contributed by atoms with Crippen molar-refractivity contribution in [3.8, 4) is 5.75 Å². The Morgan fingerprint density at radius 2 is 2.38 bits per heavy atom. The fraction of sp³-hybridized carbons (Fsp3) is 0.357. The largest absolute Gasteiger partial charge is 0.497 e. The Kier molecular flexibility index (Phi) is 3.74. The predicted molar refractivity (Wildman–Crippen MR) is 80.5 cm³/mol. The molecule has 2 heterocycles. The van der Waals surface area contributed by atoms with E-state index in [1.807, 2.05) is 18.2 Å². The Bertz CT molecular complexity index is 698. The lowest BCUT2D eigenvalue weighted by atomic mass is 9.97. The molecule has 21 heavy (non-hydrogen) atoms. The molecule has 0 saturated carbocycles. The van der Waals surface area contributed by atoms with Crippen LogP contribution in [0.5, 0.6) is 5.75 Å². The number of hydrogen-bond acceptors (Lipinski definition) is 5. The number of fused-ring (bicyclic) bond motifs is 1. The molecule has 6 nitrogen and oxygen atoms in total. The highest BCUT2D eigenvalue weighted by Crippen LogP contribution is 2.29. The number of methoxy groups -OCH3 is 1. The highest BCUT2D eigenvalue weighted by molar-refractivity contribution is 7.22. The standard InChI is InChI=1S/C14H15N3O3S/c1-20-9-2-3-10-11(7-9)21-14(16-10)17-13(19)8-4-5-15-12(18)6-8/h2-3,7-8H,4-6H2,1H3,(H,15,18)(H,16,17,19). The van der Waals surface area contributed by atoms with Gasteiger partial charge in [0.25, 0.3) is 0 Å². The lowest BCUT2D eigenvalue weighted by molar-refractivity contribution is -0.129. The van der Waals surface area contributed by atoms with Crippen molar-refractivity contribution in [3.63, 3.8) is 0 Å². The number of carbonyl (C=O) groups is 2. The number of rotatable bonds is 3. The predicted octanol–water partition coefficient (Wildman–Crippen LogP) is 1.77. The number of benzene rings is 1. The van der Waals surface area contributed by atoms with Crippen LogP contribution in [0.2, 0.25) is 0 Å². The Hall–Kier alpha value is -2.15. The lowest BCUT2D eigenvalue weighted by Crippen LogP contribution is -2.38. The van der Waals surface area contributed by atoms with E-state index in [9.17, 15) is 9.59 Å². The average molecular weight is 305 g/mol. The summed E-state index contributed by atoms with van der Waals surface area (Å²) in [7, 11) is 1.61. The molecule has 1 atom stereocenters. The summed E-state index contributed by atoms with van der Waals surface area (Å²) in [5.74, 6) is 0.264. The van der Waals surface area contributed by atoms with Crippen molar-refractivity contribution >= 4 is 38.5 Å². The summed E-state index contributed by atoms with van der Waals surface area (Å²) in [6.45, 7) is 0.550. The van der Waals surface area contributed by atoms with Gasteiger partial charge in [-0.15, -0.1) is 0 Å². The zero-order valence-electron chi connectivity index (χ0n) is 11.5.